The average molecular weight is 203 g/mol. The first-order valence-electron chi connectivity index (χ1n) is 4.17. The Labute approximate surface area is 86.6 Å². The second-order valence-corrected chi connectivity index (χ2v) is 2.63. The maximum atomic E-state index is 10.8. The lowest BCUT2D eigenvalue weighted by molar-refractivity contribution is -0.113. The number of rotatable bonds is 3. The normalized spacial score (nSPS) is 9.67. The van der Waals surface area contributed by atoms with Crippen molar-refractivity contribution in [2.75, 3.05) is 7.11 Å². The Morgan fingerprint density at radius 3 is 2.67 bits per heavy atom. The molecule has 0 saturated carbocycles. The summed E-state index contributed by atoms with van der Waals surface area (Å²) in [5.41, 5.74) is 8.82. The van der Waals surface area contributed by atoms with E-state index in [2.05, 4.69) is 10.0 Å². The minimum atomic E-state index is -0.617. The maximum absolute atomic E-state index is 10.8. The van der Waals surface area contributed by atoms with Gasteiger partial charge in [0.2, 0.25) is 5.91 Å². The first kappa shape index (κ1) is 10.8. The molecule has 0 aliphatic heterocycles. The molecule has 1 rings (SSSR count). The van der Waals surface area contributed by atoms with Gasteiger partial charge in [-0.2, -0.15) is 0 Å². The molecule has 0 unspecified atom stereocenters. The standard InChI is InChI=1S/C10H9N3O2/c1-15-9-5-2-8(3-6-9)4-7-10(14)12-13-11/h2-7H,1H3. The maximum Gasteiger partial charge on any atom is 0.242 e. The summed E-state index contributed by atoms with van der Waals surface area (Å²) in [4.78, 5) is 13.2. The smallest absolute Gasteiger partial charge is 0.242 e. The highest BCUT2D eigenvalue weighted by atomic mass is 16.5. The lowest BCUT2D eigenvalue weighted by Gasteiger charge is -1.98. The third kappa shape index (κ3) is 3.54. The van der Waals surface area contributed by atoms with Crippen LogP contribution in [-0.2, 0) is 4.79 Å². The van der Waals surface area contributed by atoms with Crippen LogP contribution in [0.3, 0.4) is 0 Å². The summed E-state index contributed by atoms with van der Waals surface area (Å²) in [6, 6.07) is 7.13. The van der Waals surface area contributed by atoms with E-state index in [-0.39, 0.29) is 0 Å². The molecule has 1 aromatic rings. The van der Waals surface area contributed by atoms with E-state index in [1.165, 1.54) is 6.08 Å². The van der Waals surface area contributed by atoms with Crippen LogP contribution < -0.4 is 4.74 Å². The van der Waals surface area contributed by atoms with Gasteiger partial charge in [-0.25, -0.2) is 0 Å². The molecule has 0 radical (unpaired) electrons. The predicted octanol–water partition coefficient (Wildman–Crippen LogP) is 2.55. The van der Waals surface area contributed by atoms with Crippen LogP contribution in [0, 0.1) is 0 Å². The Kier molecular flexibility index (Phi) is 3.94. The number of nitrogens with zero attached hydrogens (tertiary/aromatic N) is 3. The zero-order valence-corrected chi connectivity index (χ0v) is 8.12. The second-order valence-electron chi connectivity index (χ2n) is 2.63. The lowest BCUT2D eigenvalue weighted by atomic mass is 10.2. The molecule has 0 atom stereocenters. The first-order valence-corrected chi connectivity index (χ1v) is 4.17. The van der Waals surface area contributed by atoms with E-state index in [0.29, 0.717) is 0 Å². The van der Waals surface area contributed by atoms with Crippen molar-refractivity contribution in [2.24, 2.45) is 5.11 Å². The molecule has 76 valence electrons. The third-order valence-electron chi connectivity index (χ3n) is 1.68. The molecule has 5 nitrogen and oxygen atoms in total. The van der Waals surface area contributed by atoms with Gasteiger partial charge in [-0.15, -0.1) is 0 Å². The zero-order valence-electron chi connectivity index (χ0n) is 8.12. The van der Waals surface area contributed by atoms with Crippen LogP contribution in [0.1, 0.15) is 5.56 Å². The summed E-state index contributed by atoms with van der Waals surface area (Å²) in [6.07, 6.45) is 2.78. The number of amides is 1. The van der Waals surface area contributed by atoms with Crippen LogP contribution in [0.4, 0.5) is 0 Å². The molecule has 0 heterocycles. The van der Waals surface area contributed by atoms with Crippen molar-refractivity contribution in [3.05, 3.63) is 46.3 Å². The number of hydrogen-bond donors (Lipinski definition) is 0. The fourth-order valence-corrected chi connectivity index (χ4v) is 0.960. The van der Waals surface area contributed by atoms with E-state index in [0.717, 1.165) is 11.3 Å². The van der Waals surface area contributed by atoms with Crippen molar-refractivity contribution in [1.29, 1.82) is 0 Å². The Balaban J connectivity index is 2.72. The van der Waals surface area contributed by atoms with Gasteiger partial charge in [-0.3, -0.25) is 4.79 Å². The summed E-state index contributed by atoms with van der Waals surface area (Å²) < 4.78 is 4.98. The molecule has 15 heavy (non-hydrogen) atoms. The van der Waals surface area contributed by atoms with E-state index in [1.54, 1.807) is 37.5 Å². The third-order valence-corrected chi connectivity index (χ3v) is 1.68. The van der Waals surface area contributed by atoms with Crippen LogP contribution in [-0.4, -0.2) is 13.0 Å². The molecular formula is C10H9N3O2. The van der Waals surface area contributed by atoms with Gasteiger partial charge in [-0.1, -0.05) is 18.2 Å². The fraction of sp³-hybridized carbons (Fsp3) is 0.100. The average Bonchev–Trinajstić information content (AvgIpc) is 2.27. The molecule has 0 aliphatic carbocycles. The van der Waals surface area contributed by atoms with Gasteiger partial charge in [0.05, 0.1) is 7.11 Å². The largest absolute Gasteiger partial charge is 0.497 e. The van der Waals surface area contributed by atoms with Gasteiger partial charge in [-0.05, 0) is 34.4 Å². The summed E-state index contributed by atoms with van der Waals surface area (Å²) in [7, 11) is 1.58. The van der Waals surface area contributed by atoms with Crippen LogP contribution in [0.5, 0.6) is 5.75 Å². The van der Waals surface area contributed by atoms with Crippen LogP contribution in [0.25, 0.3) is 16.5 Å². The summed E-state index contributed by atoms with van der Waals surface area (Å²) in [5.74, 6) is 0.127. The highest BCUT2D eigenvalue weighted by Crippen LogP contribution is 2.12. The number of methoxy groups -OCH3 is 1. The van der Waals surface area contributed by atoms with E-state index in [4.69, 9.17) is 10.3 Å². The van der Waals surface area contributed by atoms with Gasteiger partial charge in [0.15, 0.2) is 0 Å². The summed E-state index contributed by atoms with van der Waals surface area (Å²) >= 11 is 0. The van der Waals surface area contributed by atoms with Gasteiger partial charge in [0.1, 0.15) is 5.75 Å². The van der Waals surface area contributed by atoms with Crippen molar-refractivity contribution in [3.8, 4) is 5.75 Å². The van der Waals surface area contributed by atoms with Gasteiger partial charge in [0.25, 0.3) is 0 Å². The SMILES string of the molecule is COc1ccc(C=CC(=O)N=[N+]=[N-])cc1. The number of azide groups is 1. The zero-order chi connectivity index (χ0) is 11.1. The number of benzene rings is 1. The minimum absolute atomic E-state index is 0.617. The molecule has 0 spiro atoms. The van der Waals surface area contributed by atoms with Gasteiger partial charge < -0.3 is 4.74 Å². The molecule has 0 aliphatic rings. The Morgan fingerprint density at radius 2 is 2.13 bits per heavy atom. The monoisotopic (exact) mass is 203 g/mol. The molecule has 0 N–H and O–H groups in total. The van der Waals surface area contributed by atoms with Crippen molar-refractivity contribution in [3.63, 3.8) is 0 Å². The number of carbonyl (C=O) groups excluding carboxylic acids is 1. The predicted molar refractivity (Wildman–Crippen MR) is 56.2 cm³/mol. The molecule has 0 bridgehead atoms. The highest BCUT2D eigenvalue weighted by molar-refractivity contribution is 5.92. The molecular weight excluding hydrogens is 194 g/mol. The topological polar surface area (TPSA) is 75.1 Å². The van der Waals surface area contributed by atoms with E-state index in [1.807, 2.05) is 0 Å². The van der Waals surface area contributed by atoms with E-state index in [9.17, 15) is 4.79 Å². The van der Waals surface area contributed by atoms with Crippen LogP contribution in [0.2, 0.25) is 0 Å². The number of carbonyl (C=O) groups is 1. The van der Waals surface area contributed by atoms with Crippen LogP contribution >= 0.6 is 0 Å². The summed E-state index contributed by atoms with van der Waals surface area (Å²) in [5, 5.41) is 2.90. The Morgan fingerprint density at radius 1 is 1.47 bits per heavy atom. The minimum Gasteiger partial charge on any atom is -0.497 e. The van der Waals surface area contributed by atoms with Crippen molar-refractivity contribution >= 4 is 12.0 Å². The summed E-state index contributed by atoms with van der Waals surface area (Å²) in [6.45, 7) is 0. The Bertz CT molecular complexity index is 417. The highest BCUT2D eigenvalue weighted by Gasteiger charge is 1.92. The first-order chi connectivity index (χ1) is 7.26. The van der Waals surface area contributed by atoms with Crippen LogP contribution in [0.15, 0.2) is 35.5 Å². The van der Waals surface area contributed by atoms with E-state index < -0.39 is 5.91 Å². The molecule has 0 aromatic heterocycles. The van der Waals surface area contributed by atoms with Crippen molar-refractivity contribution in [2.45, 2.75) is 0 Å². The Hall–Kier alpha value is -2.26. The van der Waals surface area contributed by atoms with Gasteiger partial charge >= 0.3 is 0 Å². The molecule has 1 amide bonds. The number of hydrogen-bond acceptors (Lipinski definition) is 2. The lowest BCUT2D eigenvalue weighted by Crippen LogP contribution is -1.84. The second kappa shape index (κ2) is 5.47. The van der Waals surface area contributed by atoms with Crippen molar-refractivity contribution in [1.82, 2.24) is 0 Å². The van der Waals surface area contributed by atoms with Crippen molar-refractivity contribution < 1.29 is 9.53 Å². The molecule has 0 fully saturated rings. The molecule has 5 heteroatoms. The fourth-order valence-electron chi connectivity index (χ4n) is 0.960. The van der Waals surface area contributed by atoms with E-state index >= 15 is 0 Å². The molecule has 0 saturated heterocycles. The number of ether oxygens (including phenoxy) is 1. The molecule has 1 aromatic carbocycles. The quantitative estimate of drug-likeness (QED) is 0.327. The van der Waals surface area contributed by atoms with Gasteiger partial charge in [0, 0.05) is 4.91 Å².